The summed E-state index contributed by atoms with van der Waals surface area (Å²) in [6.07, 6.45) is 4.96. The summed E-state index contributed by atoms with van der Waals surface area (Å²) < 4.78 is 0. The molecule has 62 valence electrons. The molecule has 2 nitrogen and oxygen atoms in total. The lowest BCUT2D eigenvalue weighted by atomic mass is 9.77. The smallest absolute Gasteiger partial charge is 0.136 e. The van der Waals surface area contributed by atoms with Crippen LogP contribution in [-0.4, -0.2) is 11.8 Å². The van der Waals surface area contributed by atoms with E-state index in [-0.39, 0.29) is 0 Å². The zero-order valence-electron chi connectivity index (χ0n) is 6.75. The molecule has 0 heterocycles. The van der Waals surface area contributed by atoms with Crippen molar-refractivity contribution in [2.45, 2.75) is 31.7 Å². The maximum Gasteiger partial charge on any atom is 0.136 e. The molecule has 0 aromatic rings. The number of nitrogens with two attached hydrogens (primary N) is 1. The number of Topliss-reactive ketones (excluding diaryl/α,β-unsaturated/α-hetero) is 1. The van der Waals surface area contributed by atoms with Crippen molar-refractivity contribution in [1.82, 2.24) is 0 Å². The van der Waals surface area contributed by atoms with E-state index >= 15 is 0 Å². The Balaban J connectivity index is 2.11. The molecule has 0 unspecified atom stereocenters. The Hall–Kier alpha value is -0.630. The van der Waals surface area contributed by atoms with Crippen LogP contribution >= 0.6 is 0 Å². The Morgan fingerprint density at radius 1 is 1.64 bits per heavy atom. The summed E-state index contributed by atoms with van der Waals surface area (Å²) in [5, 5.41) is 0. The monoisotopic (exact) mass is 153 g/mol. The zero-order chi connectivity index (χ0) is 8.27. The largest absolute Gasteiger partial charge is 0.328 e. The summed E-state index contributed by atoms with van der Waals surface area (Å²) in [4.78, 5) is 11.0. The van der Waals surface area contributed by atoms with E-state index in [0.717, 1.165) is 12.8 Å². The first-order chi connectivity index (χ1) is 5.22. The van der Waals surface area contributed by atoms with Gasteiger partial charge in [-0.2, -0.15) is 0 Å². The van der Waals surface area contributed by atoms with E-state index in [2.05, 4.69) is 6.58 Å². The molecule has 1 aliphatic carbocycles. The second-order valence-corrected chi connectivity index (χ2v) is 3.33. The van der Waals surface area contributed by atoms with Crippen LogP contribution in [0.1, 0.15) is 25.7 Å². The van der Waals surface area contributed by atoms with Crippen LogP contribution in [0.25, 0.3) is 0 Å². The van der Waals surface area contributed by atoms with Gasteiger partial charge in [0.25, 0.3) is 0 Å². The molecule has 1 saturated carbocycles. The van der Waals surface area contributed by atoms with Crippen LogP contribution in [0, 0.1) is 5.92 Å². The fourth-order valence-electron chi connectivity index (χ4n) is 1.52. The number of hydrogen-bond donors (Lipinski definition) is 1. The third-order valence-corrected chi connectivity index (χ3v) is 2.16. The molecular formula is C9H15NO. The Bertz CT molecular complexity index is 159. The zero-order valence-corrected chi connectivity index (χ0v) is 6.75. The van der Waals surface area contributed by atoms with Gasteiger partial charge >= 0.3 is 0 Å². The summed E-state index contributed by atoms with van der Waals surface area (Å²) in [6.45, 7) is 3.52. The second kappa shape index (κ2) is 3.67. The van der Waals surface area contributed by atoms with Crippen molar-refractivity contribution in [1.29, 1.82) is 0 Å². The summed E-state index contributed by atoms with van der Waals surface area (Å²) in [6, 6.07) is 0.358. The highest BCUT2D eigenvalue weighted by Crippen LogP contribution is 2.28. The number of carbonyl (C=O) groups is 1. The highest BCUT2D eigenvalue weighted by molar-refractivity contribution is 5.80. The molecule has 0 bridgehead atoms. The van der Waals surface area contributed by atoms with Gasteiger partial charge in [0.1, 0.15) is 5.78 Å². The first kappa shape index (κ1) is 8.47. The van der Waals surface area contributed by atoms with Gasteiger partial charge in [-0.25, -0.2) is 0 Å². The molecular weight excluding hydrogens is 138 g/mol. The first-order valence-electron chi connectivity index (χ1n) is 4.10. The minimum atomic E-state index is 0.303. The predicted molar refractivity (Wildman–Crippen MR) is 45.1 cm³/mol. The Kier molecular flexibility index (Phi) is 2.83. The van der Waals surface area contributed by atoms with E-state index < -0.39 is 0 Å². The predicted octanol–water partition coefficient (Wildman–Crippen LogP) is 1.26. The van der Waals surface area contributed by atoms with Gasteiger partial charge in [-0.1, -0.05) is 6.08 Å². The molecule has 0 amide bonds. The van der Waals surface area contributed by atoms with Gasteiger partial charge < -0.3 is 5.73 Å². The summed E-state index contributed by atoms with van der Waals surface area (Å²) in [5.41, 5.74) is 5.59. The number of carbonyl (C=O) groups excluding carboxylic acids is 1. The van der Waals surface area contributed by atoms with E-state index in [1.54, 1.807) is 6.08 Å². The molecule has 11 heavy (non-hydrogen) atoms. The lowest BCUT2D eigenvalue weighted by molar-refractivity contribution is -0.119. The number of allylic oxidation sites excluding steroid dienone is 1. The lowest BCUT2D eigenvalue weighted by Gasteiger charge is -2.31. The van der Waals surface area contributed by atoms with Gasteiger partial charge in [0.2, 0.25) is 0 Å². The van der Waals surface area contributed by atoms with Gasteiger partial charge in [-0.05, 0) is 18.8 Å². The molecule has 2 heteroatoms. The fraction of sp³-hybridized carbons (Fsp3) is 0.667. The summed E-state index contributed by atoms with van der Waals surface area (Å²) in [5.74, 6) is 0.870. The van der Waals surface area contributed by atoms with E-state index in [1.165, 1.54) is 0 Å². The first-order valence-corrected chi connectivity index (χ1v) is 4.10. The summed E-state index contributed by atoms with van der Waals surface area (Å²) in [7, 11) is 0. The van der Waals surface area contributed by atoms with Crippen LogP contribution in [-0.2, 0) is 4.79 Å². The van der Waals surface area contributed by atoms with Gasteiger partial charge in [-0.15, -0.1) is 6.58 Å². The molecule has 1 fully saturated rings. The van der Waals surface area contributed by atoms with Gasteiger partial charge in [0.15, 0.2) is 0 Å². The number of ketones is 1. The standard InChI is InChI=1S/C9H15NO/c1-2-3-9(11)6-7-4-8(10)5-7/h2,7-8H,1,3-6,10H2. The minimum Gasteiger partial charge on any atom is -0.328 e. The number of rotatable bonds is 4. The molecule has 1 aliphatic rings. The average Bonchev–Trinajstić information content (AvgIpc) is 1.85. The van der Waals surface area contributed by atoms with Crippen molar-refractivity contribution in [3.05, 3.63) is 12.7 Å². The van der Waals surface area contributed by atoms with Crippen molar-refractivity contribution in [2.75, 3.05) is 0 Å². The van der Waals surface area contributed by atoms with Crippen molar-refractivity contribution in [3.8, 4) is 0 Å². The van der Waals surface area contributed by atoms with Crippen molar-refractivity contribution in [2.24, 2.45) is 11.7 Å². The Morgan fingerprint density at radius 2 is 2.27 bits per heavy atom. The van der Waals surface area contributed by atoms with Gasteiger partial charge in [0, 0.05) is 18.9 Å². The molecule has 0 atom stereocenters. The van der Waals surface area contributed by atoms with Crippen LogP contribution in [0.3, 0.4) is 0 Å². The quantitative estimate of drug-likeness (QED) is 0.618. The van der Waals surface area contributed by atoms with Crippen LogP contribution in [0.2, 0.25) is 0 Å². The summed E-state index contributed by atoms with van der Waals surface area (Å²) >= 11 is 0. The molecule has 0 radical (unpaired) electrons. The SMILES string of the molecule is C=CCC(=O)CC1CC(N)C1. The van der Waals surface area contributed by atoms with Crippen molar-refractivity contribution < 1.29 is 4.79 Å². The maximum atomic E-state index is 11.0. The Labute approximate surface area is 67.5 Å². The third kappa shape index (κ3) is 2.46. The van der Waals surface area contributed by atoms with Crippen LogP contribution in [0.15, 0.2) is 12.7 Å². The van der Waals surface area contributed by atoms with Crippen LogP contribution in [0.5, 0.6) is 0 Å². The number of hydrogen-bond acceptors (Lipinski definition) is 2. The highest BCUT2D eigenvalue weighted by Gasteiger charge is 2.26. The topological polar surface area (TPSA) is 43.1 Å². The second-order valence-electron chi connectivity index (χ2n) is 3.33. The molecule has 1 rings (SSSR count). The molecule has 0 aromatic carbocycles. The molecule has 2 N–H and O–H groups in total. The van der Waals surface area contributed by atoms with Gasteiger partial charge in [-0.3, -0.25) is 4.79 Å². The van der Waals surface area contributed by atoms with E-state index in [1.807, 2.05) is 0 Å². The minimum absolute atomic E-state index is 0.303. The molecule has 0 aliphatic heterocycles. The van der Waals surface area contributed by atoms with Crippen LogP contribution < -0.4 is 5.73 Å². The van der Waals surface area contributed by atoms with Gasteiger partial charge in [0.05, 0.1) is 0 Å². The molecule has 0 aromatic heterocycles. The van der Waals surface area contributed by atoms with Crippen LogP contribution in [0.4, 0.5) is 0 Å². The van der Waals surface area contributed by atoms with E-state index in [9.17, 15) is 4.79 Å². The van der Waals surface area contributed by atoms with Crippen molar-refractivity contribution in [3.63, 3.8) is 0 Å². The molecule has 0 saturated heterocycles. The maximum absolute atomic E-state index is 11.0. The third-order valence-electron chi connectivity index (χ3n) is 2.16. The van der Waals surface area contributed by atoms with E-state index in [0.29, 0.717) is 30.6 Å². The Morgan fingerprint density at radius 3 is 2.73 bits per heavy atom. The lowest BCUT2D eigenvalue weighted by Crippen LogP contribution is -2.37. The van der Waals surface area contributed by atoms with E-state index in [4.69, 9.17) is 5.73 Å². The normalized spacial score (nSPS) is 29.2. The fourth-order valence-corrected chi connectivity index (χ4v) is 1.52. The molecule has 0 spiro atoms. The highest BCUT2D eigenvalue weighted by atomic mass is 16.1. The average molecular weight is 153 g/mol. The van der Waals surface area contributed by atoms with Crippen molar-refractivity contribution >= 4 is 5.78 Å².